The highest BCUT2D eigenvalue weighted by Gasteiger charge is 2.11. The zero-order valence-corrected chi connectivity index (χ0v) is 14.6. The van der Waals surface area contributed by atoms with Crippen molar-refractivity contribution in [2.75, 3.05) is 7.11 Å². The van der Waals surface area contributed by atoms with Crippen LogP contribution in [-0.2, 0) is 0 Å². The molecule has 0 unspecified atom stereocenters. The standard InChI is InChI=1S/C19H15N3O2S/c1-12-4-3-5-14(10-12)17-20-19-22(21-17)18(23)16(25-19)11-13-6-8-15(24-2)9-7-13/h3-11H,1-2H3. The van der Waals surface area contributed by atoms with Crippen LogP contribution >= 0.6 is 11.3 Å². The second-order valence-corrected chi connectivity index (χ2v) is 6.70. The average molecular weight is 349 g/mol. The van der Waals surface area contributed by atoms with Gasteiger partial charge in [-0.3, -0.25) is 4.79 Å². The van der Waals surface area contributed by atoms with Crippen LogP contribution in [-0.4, -0.2) is 21.7 Å². The molecule has 6 heteroatoms. The first-order chi connectivity index (χ1) is 12.1. The Kier molecular flexibility index (Phi) is 3.82. The number of ether oxygens (including phenoxy) is 1. The summed E-state index contributed by atoms with van der Waals surface area (Å²) in [6.45, 7) is 2.02. The Balaban J connectivity index is 1.77. The van der Waals surface area contributed by atoms with Crippen molar-refractivity contribution in [2.24, 2.45) is 0 Å². The first-order valence-electron chi connectivity index (χ1n) is 7.76. The van der Waals surface area contributed by atoms with Gasteiger partial charge in [0, 0.05) is 5.56 Å². The molecule has 0 fully saturated rings. The van der Waals surface area contributed by atoms with Crippen molar-refractivity contribution >= 4 is 22.4 Å². The first-order valence-corrected chi connectivity index (χ1v) is 8.58. The lowest BCUT2D eigenvalue weighted by molar-refractivity contribution is 0.415. The highest BCUT2D eigenvalue weighted by atomic mass is 32.1. The number of thiazole rings is 1. The number of benzene rings is 2. The van der Waals surface area contributed by atoms with Crippen LogP contribution in [0.4, 0.5) is 0 Å². The maximum absolute atomic E-state index is 12.6. The fraction of sp³-hybridized carbons (Fsp3) is 0.105. The van der Waals surface area contributed by atoms with Crippen LogP contribution in [0.5, 0.6) is 5.75 Å². The zero-order chi connectivity index (χ0) is 17.4. The molecule has 2 aromatic carbocycles. The summed E-state index contributed by atoms with van der Waals surface area (Å²) in [4.78, 5) is 17.7. The van der Waals surface area contributed by atoms with E-state index >= 15 is 0 Å². The van der Waals surface area contributed by atoms with Gasteiger partial charge >= 0.3 is 0 Å². The van der Waals surface area contributed by atoms with Gasteiger partial charge in [0.2, 0.25) is 4.96 Å². The third-order valence-corrected chi connectivity index (χ3v) is 4.83. The van der Waals surface area contributed by atoms with E-state index in [2.05, 4.69) is 10.1 Å². The summed E-state index contributed by atoms with van der Waals surface area (Å²) >= 11 is 1.34. The Morgan fingerprint density at radius 2 is 1.96 bits per heavy atom. The van der Waals surface area contributed by atoms with E-state index in [1.165, 1.54) is 15.9 Å². The fourth-order valence-corrected chi connectivity index (χ4v) is 3.50. The highest BCUT2D eigenvalue weighted by Crippen LogP contribution is 2.17. The third kappa shape index (κ3) is 2.92. The van der Waals surface area contributed by atoms with Crippen LogP contribution in [0.25, 0.3) is 22.4 Å². The molecule has 0 N–H and O–H groups in total. The van der Waals surface area contributed by atoms with Crippen LogP contribution < -0.4 is 14.8 Å². The van der Waals surface area contributed by atoms with Gasteiger partial charge in [0.1, 0.15) is 5.75 Å². The van der Waals surface area contributed by atoms with E-state index in [9.17, 15) is 4.79 Å². The molecule has 124 valence electrons. The van der Waals surface area contributed by atoms with Crippen LogP contribution in [0.2, 0.25) is 0 Å². The molecule has 0 bridgehead atoms. The average Bonchev–Trinajstić information content (AvgIpc) is 3.16. The summed E-state index contributed by atoms with van der Waals surface area (Å²) < 4.78 is 7.13. The Bertz CT molecular complexity index is 1160. The molecule has 0 radical (unpaired) electrons. The second-order valence-electron chi connectivity index (χ2n) is 5.69. The Morgan fingerprint density at radius 1 is 1.16 bits per heavy atom. The molecule has 0 aliphatic heterocycles. The van der Waals surface area contributed by atoms with Crippen molar-refractivity contribution in [3.05, 3.63) is 74.5 Å². The maximum atomic E-state index is 12.6. The normalized spacial score (nSPS) is 12.0. The molecular formula is C19H15N3O2S. The van der Waals surface area contributed by atoms with Crippen molar-refractivity contribution in [1.29, 1.82) is 0 Å². The number of nitrogens with zero attached hydrogens (tertiary/aromatic N) is 3. The summed E-state index contributed by atoms with van der Waals surface area (Å²) in [5.74, 6) is 1.35. The van der Waals surface area contributed by atoms with Crippen molar-refractivity contribution in [2.45, 2.75) is 6.92 Å². The van der Waals surface area contributed by atoms with Gasteiger partial charge in [-0.2, -0.15) is 9.50 Å². The van der Waals surface area contributed by atoms with E-state index in [4.69, 9.17) is 4.74 Å². The lowest BCUT2D eigenvalue weighted by Crippen LogP contribution is -2.23. The van der Waals surface area contributed by atoms with Gasteiger partial charge in [-0.25, -0.2) is 0 Å². The van der Waals surface area contributed by atoms with Crippen LogP contribution in [0.1, 0.15) is 11.1 Å². The van der Waals surface area contributed by atoms with Crippen molar-refractivity contribution < 1.29 is 4.74 Å². The quantitative estimate of drug-likeness (QED) is 0.571. The lowest BCUT2D eigenvalue weighted by atomic mass is 10.1. The molecular weight excluding hydrogens is 334 g/mol. The minimum absolute atomic E-state index is 0.151. The van der Waals surface area contributed by atoms with E-state index in [0.29, 0.717) is 15.3 Å². The Labute approximate surface area is 147 Å². The number of rotatable bonds is 3. The predicted octanol–water partition coefficient (Wildman–Crippen LogP) is 2.68. The molecule has 0 atom stereocenters. The number of hydrogen-bond donors (Lipinski definition) is 0. The molecule has 25 heavy (non-hydrogen) atoms. The molecule has 4 rings (SSSR count). The van der Waals surface area contributed by atoms with Crippen LogP contribution in [0, 0.1) is 6.92 Å². The summed E-state index contributed by atoms with van der Waals surface area (Å²) in [6.07, 6.45) is 1.84. The molecule has 2 heterocycles. The topological polar surface area (TPSA) is 56.5 Å². The minimum atomic E-state index is -0.151. The van der Waals surface area contributed by atoms with Crippen molar-refractivity contribution in [3.8, 4) is 17.1 Å². The third-order valence-electron chi connectivity index (χ3n) is 3.87. The molecule has 2 aromatic heterocycles. The Hall–Kier alpha value is -2.99. The molecule has 0 saturated carbocycles. The number of fused-ring (bicyclic) bond motifs is 1. The molecule has 0 saturated heterocycles. The first kappa shape index (κ1) is 15.5. The van der Waals surface area contributed by atoms with E-state index in [1.54, 1.807) is 7.11 Å². The summed E-state index contributed by atoms with van der Waals surface area (Å²) in [5.41, 5.74) is 2.83. The highest BCUT2D eigenvalue weighted by molar-refractivity contribution is 7.15. The SMILES string of the molecule is COc1ccc(C=c2sc3nc(-c4cccc(C)c4)nn3c2=O)cc1. The van der Waals surface area contributed by atoms with Crippen LogP contribution in [0.3, 0.4) is 0 Å². The smallest absolute Gasteiger partial charge is 0.291 e. The summed E-state index contributed by atoms with van der Waals surface area (Å²) in [5, 5.41) is 4.38. The van der Waals surface area contributed by atoms with Crippen LogP contribution in [0.15, 0.2) is 53.3 Å². The summed E-state index contributed by atoms with van der Waals surface area (Å²) in [6, 6.07) is 15.5. The van der Waals surface area contributed by atoms with E-state index < -0.39 is 0 Å². The molecule has 0 aliphatic rings. The van der Waals surface area contributed by atoms with Gasteiger partial charge in [-0.05, 0) is 36.8 Å². The zero-order valence-electron chi connectivity index (χ0n) is 13.8. The molecule has 5 nitrogen and oxygen atoms in total. The van der Waals surface area contributed by atoms with Crippen molar-refractivity contribution in [3.63, 3.8) is 0 Å². The van der Waals surface area contributed by atoms with Gasteiger partial charge in [0.25, 0.3) is 5.56 Å². The Morgan fingerprint density at radius 3 is 2.64 bits per heavy atom. The molecule has 0 spiro atoms. The van der Waals surface area contributed by atoms with Gasteiger partial charge in [-0.1, -0.05) is 47.2 Å². The number of hydrogen-bond acceptors (Lipinski definition) is 5. The predicted molar refractivity (Wildman–Crippen MR) is 99.1 cm³/mol. The summed E-state index contributed by atoms with van der Waals surface area (Å²) in [7, 11) is 1.63. The monoisotopic (exact) mass is 349 g/mol. The van der Waals surface area contributed by atoms with Gasteiger partial charge in [0.05, 0.1) is 11.6 Å². The van der Waals surface area contributed by atoms with Gasteiger partial charge < -0.3 is 4.74 Å². The second kappa shape index (κ2) is 6.14. The molecule has 0 amide bonds. The van der Waals surface area contributed by atoms with E-state index in [-0.39, 0.29) is 5.56 Å². The van der Waals surface area contributed by atoms with Crippen molar-refractivity contribution in [1.82, 2.24) is 14.6 Å². The molecule has 0 aliphatic carbocycles. The fourth-order valence-electron chi connectivity index (χ4n) is 2.59. The minimum Gasteiger partial charge on any atom is -0.497 e. The van der Waals surface area contributed by atoms with E-state index in [1.807, 2.05) is 61.5 Å². The number of methoxy groups -OCH3 is 1. The number of aryl methyl sites for hydroxylation is 1. The van der Waals surface area contributed by atoms with Gasteiger partial charge in [0.15, 0.2) is 5.82 Å². The molecule has 4 aromatic rings. The van der Waals surface area contributed by atoms with Gasteiger partial charge in [-0.15, -0.1) is 5.10 Å². The largest absolute Gasteiger partial charge is 0.497 e. The maximum Gasteiger partial charge on any atom is 0.291 e. The van der Waals surface area contributed by atoms with E-state index in [0.717, 1.165) is 22.4 Å². The lowest BCUT2D eigenvalue weighted by Gasteiger charge is -1.98. The number of aromatic nitrogens is 3.